The Bertz CT molecular complexity index is 544. The van der Waals surface area contributed by atoms with Gasteiger partial charge in [-0.2, -0.15) is 0 Å². The molecule has 7 heteroatoms. The number of nitrogens with zero attached hydrogens (tertiary/aromatic N) is 2. The number of aromatic nitrogens is 2. The Labute approximate surface area is 121 Å². The van der Waals surface area contributed by atoms with Crippen molar-refractivity contribution in [2.24, 2.45) is 0 Å². The summed E-state index contributed by atoms with van der Waals surface area (Å²) in [6.45, 7) is 3.55. The first-order valence-electron chi connectivity index (χ1n) is 5.94. The molecule has 2 rings (SSSR count). The zero-order valence-electron chi connectivity index (χ0n) is 10.4. The third-order valence-electron chi connectivity index (χ3n) is 2.34. The van der Waals surface area contributed by atoms with E-state index in [1.54, 1.807) is 18.2 Å². The van der Waals surface area contributed by atoms with Gasteiger partial charge in [-0.25, -0.2) is 0 Å². The van der Waals surface area contributed by atoms with Crippen molar-refractivity contribution in [2.75, 3.05) is 11.9 Å². The normalized spacial score (nSPS) is 10.7. The fraction of sp³-hybridized carbons (Fsp3) is 0.333. The van der Waals surface area contributed by atoms with Crippen LogP contribution in [0, 0.1) is 0 Å². The van der Waals surface area contributed by atoms with Gasteiger partial charge in [0, 0.05) is 5.02 Å². The Morgan fingerprint density at radius 1 is 1.26 bits per heavy atom. The number of hydrogen-bond acceptors (Lipinski definition) is 5. The van der Waals surface area contributed by atoms with Gasteiger partial charge in [-0.15, -0.1) is 5.10 Å². The SMILES string of the molecule is CCCNCc1nnc(Nc2cc(Cl)ccc2Cl)o1. The van der Waals surface area contributed by atoms with Crippen LogP contribution in [0.5, 0.6) is 0 Å². The highest BCUT2D eigenvalue weighted by atomic mass is 35.5. The van der Waals surface area contributed by atoms with E-state index in [1.165, 1.54) is 0 Å². The van der Waals surface area contributed by atoms with Crippen LogP contribution in [-0.2, 0) is 6.54 Å². The molecule has 0 unspecified atom stereocenters. The van der Waals surface area contributed by atoms with Gasteiger partial charge in [-0.05, 0) is 31.2 Å². The quantitative estimate of drug-likeness (QED) is 0.798. The largest absolute Gasteiger partial charge is 0.406 e. The van der Waals surface area contributed by atoms with Crippen molar-refractivity contribution >= 4 is 34.9 Å². The molecule has 2 aromatic rings. The molecule has 1 aromatic carbocycles. The van der Waals surface area contributed by atoms with Crippen LogP contribution < -0.4 is 10.6 Å². The van der Waals surface area contributed by atoms with Crippen molar-refractivity contribution in [1.29, 1.82) is 0 Å². The van der Waals surface area contributed by atoms with Gasteiger partial charge in [0.05, 0.1) is 17.3 Å². The lowest BCUT2D eigenvalue weighted by Crippen LogP contribution is -2.13. The lowest BCUT2D eigenvalue weighted by molar-refractivity contribution is 0.479. The molecule has 0 radical (unpaired) electrons. The van der Waals surface area contributed by atoms with E-state index in [4.69, 9.17) is 27.6 Å². The maximum absolute atomic E-state index is 6.03. The number of rotatable bonds is 6. The minimum Gasteiger partial charge on any atom is -0.406 e. The highest BCUT2D eigenvalue weighted by molar-refractivity contribution is 6.35. The zero-order valence-corrected chi connectivity index (χ0v) is 11.9. The van der Waals surface area contributed by atoms with Gasteiger partial charge < -0.3 is 15.1 Å². The van der Waals surface area contributed by atoms with Crippen molar-refractivity contribution in [3.8, 4) is 0 Å². The summed E-state index contributed by atoms with van der Waals surface area (Å²) in [5, 5.41) is 15.0. The molecule has 0 spiro atoms. The van der Waals surface area contributed by atoms with E-state index in [0.717, 1.165) is 13.0 Å². The first kappa shape index (κ1) is 14.1. The van der Waals surface area contributed by atoms with E-state index >= 15 is 0 Å². The summed E-state index contributed by atoms with van der Waals surface area (Å²) >= 11 is 11.9. The molecule has 0 saturated heterocycles. The van der Waals surface area contributed by atoms with Crippen LogP contribution in [0.25, 0.3) is 0 Å². The predicted molar refractivity (Wildman–Crippen MR) is 76.0 cm³/mol. The second kappa shape index (κ2) is 6.75. The van der Waals surface area contributed by atoms with Gasteiger partial charge in [-0.3, -0.25) is 0 Å². The van der Waals surface area contributed by atoms with E-state index < -0.39 is 0 Å². The smallest absolute Gasteiger partial charge is 0.320 e. The predicted octanol–water partition coefficient (Wildman–Crippen LogP) is 3.62. The topological polar surface area (TPSA) is 63.0 Å². The lowest BCUT2D eigenvalue weighted by Gasteiger charge is -2.04. The Morgan fingerprint density at radius 3 is 2.89 bits per heavy atom. The van der Waals surface area contributed by atoms with Crippen LogP contribution >= 0.6 is 23.2 Å². The van der Waals surface area contributed by atoms with Crippen LogP contribution in [-0.4, -0.2) is 16.7 Å². The fourth-order valence-corrected chi connectivity index (χ4v) is 1.79. The van der Waals surface area contributed by atoms with Crippen LogP contribution in [0.1, 0.15) is 19.2 Å². The molecule has 0 fully saturated rings. The van der Waals surface area contributed by atoms with Gasteiger partial charge >= 0.3 is 6.01 Å². The molecule has 1 heterocycles. The highest BCUT2D eigenvalue weighted by Gasteiger charge is 2.08. The van der Waals surface area contributed by atoms with E-state index in [2.05, 4.69) is 27.8 Å². The first-order valence-corrected chi connectivity index (χ1v) is 6.70. The van der Waals surface area contributed by atoms with Gasteiger partial charge in [0.2, 0.25) is 5.89 Å². The zero-order chi connectivity index (χ0) is 13.7. The molecule has 2 N–H and O–H groups in total. The molecule has 19 heavy (non-hydrogen) atoms. The van der Waals surface area contributed by atoms with Gasteiger partial charge in [-0.1, -0.05) is 35.2 Å². The third kappa shape index (κ3) is 4.09. The molecule has 0 atom stereocenters. The molecule has 0 bridgehead atoms. The molecule has 5 nitrogen and oxygen atoms in total. The summed E-state index contributed by atoms with van der Waals surface area (Å²) in [6, 6.07) is 5.40. The molecule has 0 aliphatic rings. The summed E-state index contributed by atoms with van der Waals surface area (Å²) in [7, 11) is 0. The van der Waals surface area contributed by atoms with Crippen LogP contribution in [0.4, 0.5) is 11.7 Å². The number of benzene rings is 1. The van der Waals surface area contributed by atoms with Crippen molar-refractivity contribution in [3.05, 3.63) is 34.1 Å². The summed E-state index contributed by atoms with van der Waals surface area (Å²) < 4.78 is 5.43. The van der Waals surface area contributed by atoms with Crippen LogP contribution in [0.15, 0.2) is 22.6 Å². The molecule has 102 valence electrons. The molecule has 0 saturated carbocycles. The Morgan fingerprint density at radius 2 is 2.11 bits per heavy atom. The Balaban J connectivity index is 2.01. The van der Waals surface area contributed by atoms with Crippen LogP contribution in [0.2, 0.25) is 10.0 Å². The summed E-state index contributed by atoms with van der Waals surface area (Å²) in [5.41, 5.74) is 0.630. The van der Waals surface area contributed by atoms with E-state index in [-0.39, 0.29) is 6.01 Å². The maximum Gasteiger partial charge on any atom is 0.320 e. The van der Waals surface area contributed by atoms with Crippen LogP contribution in [0.3, 0.4) is 0 Å². The number of anilines is 2. The molecular weight excluding hydrogens is 287 g/mol. The van der Waals surface area contributed by atoms with Crippen molar-refractivity contribution in [3.63, 3.8) is 0 Å². The van der Waals surface area contributed by atoms with E-state index in [9.17, 15) is 0 Å². The molecule has 0 aliphatic carbocycles. The summed E-state index contributed by atoms with van der Waals surface area (Å²) in [6.07, 6.45) is 1.05. The molecule has 0 amide bonds. The minimum absolute atomic E-state index is 0.289. The standard InChI is InChI=1S/C12H14Cl2N4O/c1-2-5-15-7-11-17-18-12(19-11)16-10-6-8(13)3-4-9(10)14/h3-4,6,15H,2,5,7H2,1H3,(H,16,18). The van der Waals surface area contributed by atoms with Crippen molar-refractivity contribution in [2.45, 2.75) is 19.9 Å². The molecule has 0 aliphatic heterocycles. The van der Waals surface area contributed by atoms with Gasteiger partial charge in [0.1, 0.15) is 0 Å². The first-order chi connectivity index (χ1) is 9.19. The van der Waals surface area contributed by atoms with E-state index in [1.807, 2.05) is 0 Å². The maximum atomic E-state index is 6.03. The van der Waals surface area contributed by atoms with Gasteiger partial charge in [0.25, 0.3) is 0 Å². The lowest BCUT2D eigenvalue weighted by atomic mass is 10.3. The second-order valence-corrected chi connectivity index (χ2v) is 4.77. The second-order valence-electron chi connectivity index (χ2n) is 3.93. The van der Waals surface area contributed by atoms with Gasteiger partial charge in [0.15, 0.2) is 0 Å². The average Bonchev–Trinajstić information content (AvgIpc) is 2.82. The molecular formula is C12H14Cl2N4O. The monoisotopic (exact) mass is 300 g/mol. The number of hydrogen-bond donors (Lipinski definition) is 2. The summed E-state index contributed by atoms with van der Waals surface area (Å²) in [5.74, 6) is 0.522. The highest BCUT2D eigenvalue weighted by Crippen LogP contribution is 2.27. The summed E-state index contributed by atoms with van der Waals surface area (Å²) in [4.78, 5) is 0. The fourth-order valence-electron chi connectivity index (χ4n) is 1.46. The Kier molecular flexibility index (Phi) is 5.01. The average molecular weight is 301 g/mol. The Hall–Kier alpha value is -1.30. The molecule has 1 aromatic heterocycles. The third-order valence-corrected chi connectivity index (χ3v) is 2.90. The number of halogens is 2. The minimum atomic E-state index is 0.289. The van der Waals surface area contributed by atoms with Crippen molar-refractivity contribution < 1.29 is 4.42 Å². The van der Waals surface area contributed by atoms with E-state index in [0.29, 0.717) is 28.2 Å². The van der Waals surface area contributed by atoms with Crippen molar-refractivity contribution in [1.82, 2.24) is 15.5 Å². The number of nitrogens with one attached hydrogen (secondary N) is 2.